The van der Waals surface area contributed by atoms with Crippen LogP contribution in [0.1, 0.15) is 29.0 Å². The molecule has 4 aromatic carbocycles. The Morgan fingerprint density at radius 3 is 2.20 bits per heavy atom. The maximum atomic E-state index is 12.7. The van der Waals surface area contributed by atoms with Gasteiger partial charge in [0, 0.05) is 22.3 Å². The van der Waals surface area contributed by atoms with E-state index in [1.54, 1.807) is 0 Å². The first-order valence-corrected chi connectivity index (χ1v) is 10.1. The van der Waals surface area contributed by atoms with E-state index in [9.17, 15) is 4.79 Å². The van der Waals surface area contributed by atoms with Gasteiger partial charge >= 0.3 is 5.97 Å². The molecule has 144 valence electrons. The van der Waals surface area contributed by atoms with Crippen molar-refractivity contribution in [1.29, 1.82) is 0 Å². The Bertz CT molecular complexity index is 1490. The summed E-state index contributed by atoms with van der Waals surface area (Å²) in [6, 6.07) is 24.1. The Labute approximate surface area is 173 Å². The molecule has 0 amide bonds. The van der Waals surface area contributed by atoms with Crippen molar-refractivity contribution in [2.75, 3.05) is 0 Å². The van der Waals surface area contributed by atoms with Gasteiger partial charge in [-0.15, -0.1) is 0 Å². The summed E-state index contributed by atoms with van der Waals surface area (Å²) in [4.78, 5) is 22.7. The lowest BCUT2D eigenvalue weighted by molar-refractivity contribution is -0.135. The van der Waals surface area contributed by atoms with Crippen molar-refractivity contribution in [1.82, 2.24) is 9.97 Å². The van der Waals surface area contributed by atoms with E-state index in [0.717, 1.165) is 49.5 Å². The number of hydrogen-bond acceptors (Lipinski definition) is 4. The van der Waals surface area contributed by atoms with Gasteiger partial charge in [0.05, 0.1) is 28.5 Å². The van der Waals surface area contributed by atoms with Crippen LogP contribution >= 0.6 is 0 Å². The molecule has 6 rings (SSSR count). The summed E-state index contributed by atoms with van der Waals surface area (Å²) in [5.74, 6) is 0.284. The molecule has 0 fully saturated rings. The number of nitrogens with zero attached hydrogens (tertiary/aromatic N) is 2. The summed E-state index contributed by atoms with van der Waals surface area (Å²) in [6.07, 6.45) is 0.291. The van der Waals surface area contributed by atoms with Crippen LogP contribution in [0.5, 0.6) is 5.75 Å². The van der Waals surface area contributed by atoms with Crippen molar-refractivity contribution in [2.24, 2.45) is 0 Å². The zero-order valence-corrected chi connectivity index (χ0v) is 16.4. The van der Waals surface area contributed by atoms with Gasteiger partial charge in [-0.2, -0.15) is 0 Å². The van der Waals surface area contributed by atoms with Crippen LogP contribution in [-0.2, 0) is 4.79 Å². The highest BCUT2D eigenvalue weighted by Crippen LogP contribution is 2.47. The van der Waals surface area contributed by atoms with Gasteiger partial charge in [-0.1, -0.05) is 60.7 Å². The van der Waals surface area contributed by atoms with E-state index in [2.05, 4.69) is 19.1 Å². The molecule has 5 aromatic rings. The SMILES string of the molecule is Cc1ccccc1C1CC(=O)Oc2c1c1nc3ccccc3nc1c1ccccc21. The van der Waals surface area contributed by atoms with E-state index in [4.69, 9.17) is 14.7 Å². The smallest absolute Gasteiger partial charge is 0.312 e. The second kappa shape index (κ2) is 6.36. The van der Waals surface area contributed by atoms with Crippen LogP contribution in [0.4, 0.5) is 0 Å². The minimum absolute atomic E-state index is 0.120. The van der Waals surface area contributed by atoms with Crippen LogP contribution in [0.25, 0.3) is 32.8 Å². The van der Waals surface area contributed by atoms with E-state index in [0.29, 0.717) is 12.2 Å². The first-order chi connectivity index (χ1) is 14.7. The summed E-state index contributed by atoms with van der Waals surface area (Å²) in [6.45, 7) is 2.08. The highest BCUT2D eigenvalue weighted by atomic mass is 16.5. The molecular weight excluding hydrogens is 372 g/mol. The summed E-state index contributed by atoms with van der Waals surface area (Å²) in [5.41, 5.74) is 6.58. The molecule has 1 aliphatic rings. The maximum Gasteiger partial charge on any atom is 0.312 e. The fraction of sp³-hybridized carbons (Fsp3) is 0.115. The van der Waals surface area contributed by atoms with Crippen LogP contribution in [-0.4, -0.2) is 15.9 Å². The molecule has 0 saturated carbocycles. The molecular formula is C26H18N2O2. The maximum absolute atomic E-state index is 12.7. The minimum atomic E-state index is -0.214. The number of aryl methyl sites for hydroxylation is 1. The molecule has 4 nitrogen and oxygen atoms in total. The summed E-state index contributed by atoms with van der Waals surface area (Å²) >= 11 is 0. The topological polar surface area (TPSA) is 52.1 Å². The van der Waals surface area contributed by atoms with Gasteiger partial charge < -0.3 is 4.74 Å². The lowest BCUT2D eigenvalue weighted by atomic mass is 9.82. The fourth-order valence-electron chi connectivity index (χ4n) is 4.62. The molecule has 0 saturated heterocycles. The number of aromatic nitrogens is 2. The highest BCUT2D eigenvalue weighted by molar-refractivity contribution is 6.12. The lowest BCUT2D eigenvalue weighted by Crippen LogP contribution is -2.22. The second-order valence-corrected chi connectivity index (χ2v) is 7.79. The molecule has 1 unspecified atom stereocenters. The van der Waals surface area contributed by atoms with Gasteiger partial charge in [0.2, 0.25) is 0 Å². The number of ether oxygens (including phenoxy) is 1. The highest BCUT2D eigenvalue weighted by Gasteiger charge is 2.34. The summed E-state index contributed by atoms with van der Waals surface area (Å²) < 4.78 is 5.85. The third-order valence-corrected chi connectivity index (χ3v) is 6.00. The Balaban J connectivity index is 1.81. The standard InChI is InChI=1S/C26H18N2O2/c1-15-8-2-3-9-16(15)19-14-22(29)30-26-18-11-5-4-10-17(18)24-25(23(19)26)28-21-13-7-6-12-20(21)27-24/h2-13,19H,14H2,1H3. The molecule has 0 bridgehead atoms. The first kappa shape index (κ1) is 17.1. The summed E-state index contributed by atoms with van der Waals surface area (Å²) in [7, 11) is 0. The van der Waals surface area contributed by atoms with Gasteiger partial charge in [0.25, 0.3) is 0 Å². The number of rotatable bonds is 1. The average molecular weight is 390 g/mol. The molecule has 0 N–H and O–H groups in total. The van der Waals surface area contributed by atoms with Gasteiger partial charge in [0.1, 0.15) is 5.75 Å². The predicted octanol–water partition coefficient (Wildman–Crippen LogP) is 5.69. The van der Waals surface area contributed by atoms with Crippen LogP contribution in [0.15, 0.2) is 72.8 Å². The third-order valence-electron chi connectivity index (χ3n) is 6.00. The molecule has 0 aliphatic carbocycles. The third kappa shape index (κ3) is 2.43. The molecule has 2 heterocycles. The average Bonchev–Trinajstić information content (AvgIpc) is 2.78. The van der Waals surface area contributed by atoms with Crippen molar-refractivity contribution < 1.29 is 9.53 Å². The zero-order valence-electron chi connectivity index (χ0n) is 16.4. The van der Waals surface area contributed by atoms with Crippen molar-refractivity contribution >= 4 is 38.8 Å². The summed E-state index contributed by atoms with van der Waals surface area (Å²) in [5, 5.41) is 1.85. The Morgan fingerprint density at radius 2 is 1.43 bits per heavy atom. The van der Waals surface area contributed by atoms with Gasteiger partial charge in [0.15, 0.2) is 0 Å². The van der Waals surface area contributed by atoms with E-state index in [1.807, 2.05) is 60.7 Å². The molecule has 1 aromatic heterocycles. The van der Waals surface area contributed by atoms with Gasteiger partial charge in [-0.25, -0.2) is 9.97 Å². The fourth-order valence-corrected chi connectivity index (χ4v) is 4.62. The number of fused-ring (bicyclic) bond motifs is 7. The van der Waals surface area contributed by atoms with Crippen LogP contribution < -0.4 is 4.74 Å². The van der Waals surface area contributed by atoms with Crippen LogP contribution in [0.2, 0.25) is 0 Å². The van der Waals surface area contributed by atoms with E-state index in [-0.39, 0.29) is 11.9 Å². The molecule has 0 spiro atoms. The Morgan fingerprint density at radius 1 is 0.800 bits per heavy atom. The normalized spacial score (nSPS) is 16.0. The van der Waals surface area contributed by atoms with Crippen molar-refractivity contribution in [3.63, 3.8) is 0 Å². The quantitative estimate of drug-likeness (QED) is 0.160. The lowest BCUT2D eigenvalue weighted by Gasteiger charge is -2.28. The monoisotopic (exact) mass is 390 g/mol. The number of benzene rings is 4. The van der Waals surface area contributed by atoms with Gasteiger partial charge in [-0.05, 0) is 30.2 Å². The van der Waals surface area contributed by atoms with Crippen LogP contribution in [0.3, 0.4) is 0 Å². The molecule has 1 atom stereocenters. The zero-order chi connectivity index (χ0) is 20.2. The molecule has 0 radical (unpaired) electrons. The second-order valence-electron chi connectivity index (χ2n) is 7.79. The molecule has 30 heavy (non-hydrogen) atoms. The predicted molar refractivity (Wildman–Crippen MR) is 118 cm³/mol. The number of para-hydroxylation sites is 2. The molecule has 1 aliphatic heterocycles. The first-order valence-electron chi connectivity index (χ1n) is 10.1. The van der Waals surface area contributed by atoms with Crippen LogP contribution in [0, 0.1) is 6.92 Å². The van der Waals surface area contributed by atoms with Crippen molar-refractivity contribution in [2.45, 2.75) is 19.3 Å². The van der Waals surface area contributed by atoms with Crippen molar-refractivity contribution in [3.05, 3.63) is 89.5 Å². The van der Waals surface area contributed by atoms with Crippen molar-refractivity contribution in [3.8, 4) is 5.75 Å². The van der Waals surface area contributed by atoms with E-state index >= 15 is 0 Å². The number of hydrogen-bond donors (Lipinski definition) is 0. The number of carbonyl (C=O) groups is 1. The number of carbonyl (C=O) groups excluding carboxylic acids is 1. The Hall–Kier alpha value is -3.79. The minimum Gasteiger partial charge on any atom is -0.425 e. The van der Waals surface area contributed by atoms with E-state index in [1.165, 1.54) is 0 Å². The number of esters is 1. The largest absolute Gasteiger partial charge is 0.425 e. The molecule has 4 heteroatoms. The van der Waals surface area contributed by atoms with E-state index < -0.39 is 0 Å². The van der Waals surface area contributed by atoms with Gasteiger partial charge in [-0.3, -0.25) is 4.79 Å². The Kier molecular flexibility index (Phi) is 3.62.